The Morgan fingerprint density at radius 3 is 2.27 bits per heavy atom. The highest BCUT2D eigenvalue weighted by Crippen LogP contribution is 2.21. The normalized spacial score (nSPS) is 13.0. The van der Waals surface area contributed by atoms with Crippen molar-refractivity contribution in [3.8, 4) is 0 Å². The molecule has 0 fully saturated rings. The summed E-state index contributed by atoms with van der Waals surface area (Å²) in [6.07, 6.45) is 0.257. The van der Waals surface area contributed by atoms with Crippen LogP contribution < -0.4 is 10.2 Å². The first-order chi connectivity index (χ1) is 10.1. The Morgan fingerprint density at radius 1 is 1.23 bits per heavy atom. The Balaban J connectivity index is 2.53. The third-order valence-electron chi connectivity index (χ3n) is 3.40. The van der Waals surface area contributed by atoms with E-state index < -0.39 is 10.1 Å². The van der Waals surface area contributed by atoms with Crippen molar-refractivity contribution in [2.45, 2.75) is 27.2 Å². The monoisotopic (exact) mass is 328 g/mol. The summed E-state index contributed by atoms with van der Waals surface area (Å²) in [7, 11) is -2.38. The molecule has 0 radical (unpaired) electrons. The molecule has 0 aromatic heterocycles. The zero-order chi connectivity index (χ0) is 16.9. The van der Waals surface area contributed by atoms with Gasteiger partial charge in [-0.3, -0.25) is 4.79 Å². The minimum absolute atomic E-state index is 0.127. The largest absolute Gasteiger partial charge is 0.748 e. The van der Waals surface area contributed by atoms with Crippen molar-refractivity contribution in [2.24, 2.45) is 0 Å². The van der Waals surface area contributed by atoms with E-state index >= 15 is 0 Å². The van der Waals surface area contributed by atoms with Crippen LogP contribution in [0.3, 0.4) is 0 Å². The van der Waals surface area contributed by atoms with E-state index in [2.05, 4.69) is 5.32 Å². The van der Waals surface area contributed by atoms with E-state index in [0.717, 1.165) is 27.3 Å². The standard InChI is InChI=1S/C15H24N2O4S/c1-11-8-12(2)15(13(3)9-11)16-14(18)10-17(4)6-5-7-22(19,20)21/h8-9H,5-7,10H2,1-4H3,(H,16,18)(H,19,20,21). The first kappa shape index (κ1) is 18.6. The van der Waals surface area contributed by atoms with E-state index in [9.17, 15) is 17.8 Å². The molecule has 124 valence electrons. The second-order valence-electron chi connectivity index (χ2n) is 5.82. The van der Waals surface area contributed by atoms with Crippen molar-refractivity contribution in [3.05, 3.63) is 28.8 Å². The van der Waals surface area contributed by atoms with E-state index in [1.54, 1.807) is 7.05 Å². The minimum Gasteiger partial charge on any atom is -0.748 e. The van der Waals surface area contributed by atoms with Crippen LogP contribution in [0.2, 0.25) is 0 Å². The molecule has 0 aliphatic rings. The lowest BCUT2D eigenvalue weighted by atomic mass is 10.1. The molecule has 22 heavy (non-hydrogen) atoms. The molecule has 0 heterocycles. The number of hydrogen-bond acceptors (Lipinski definition) is 4. The number of quaternary nitrogens is 1. The van der Waals surface area contributed by atoms with Gasteiger partial charge < -0.3 is 14.8 Å². The second kappa shape index (κ2) is 7.71. The number of hydrogen-bond donors (Lipinski definition) is 2. The summed E-state index contributed by atoms with van der Waals surface area (Å²) in [4.78, 5) is 12.9. The predicted octanol–water partition coefficient (Wildman–Crippen LogP) is 0.000360. The van der Waals surface area contributed by atoms with Crippen LogP contribution >= 0.6 is 0 Å². The lowest BCUT2D eigenvalue weighted by molar-refractivity contribution is -0.870. The molecule has 0 saturated heterocycles. The van der Waals surface area contributed by atoms with Gasteiger partial charge in [0, 0.05) is 17.9 Å². The zero-order valence-corrected chi connectivity index (χ0v) is 14.3. The van der Waals surface area contributed by atoms with Crippen LogP contribution in [0.15, 0.2) is 12.1 Å². The van der Waals surface area contributed by atoms with E-state index in [4.69, 9.17) is 0 Å². The SMILES string of the molecule is Cc1cc(C)c(NC(=O)C[NH+](C)CCCS(=O)(=O)[O-])c(C)c1. The van der Waals surface area contributed by atoms with Crippen molar-refractivity contribution in [1.29, 1.82) is 0 Å². The van der Waals surface area contributed by atoms with E-state index in [1.807, 2.05) is 32.9 Å². The molecule has 2 N–H and O–H groups in total. The number of anilines is 1. The summed E-state index contributed by atoms with van der Waals surface area (Å²) in [5.41, 5.74) is 4.00. The summed E-state index contributed by atoms with van der Waals surface area (Å²) in [5, 5.41) is 2.90. The van der Waals surface area contributed by atoms with Gasteiger partial charge in [0.05, 0.1) is 23.7 Å². The Hall–Kier alpha value is -1.44. The molecule has 1 aromatic rings. The number of rotatable bonds is 7. The van der Waals surface area contributed by atoms with Crippen LogP contribution in [-0.2, 0) is 14.9 Å². The fourth-order valence-corrected chi connectivity index (χ4v) is 2.97. The Kier molecular flexibility index (Phi) is 6.52. The third kappa shape index (κ3) is 6.55. The summed E-state index contributed by atoms with van der Waals surface area (Å²) >= 11 is 0. The number of carbonyl (C=O) groups is 1. The molecular weight excluding hydrogens is 304 g/mol. The molecule has 1 atom stereocenters. The first-order valence-corrected chi connectivity index (χ1v) is 8.79. The quantitative estimate of drug-likeness (QED) is 0.689. The maximum absolute atomic E-state index is 12.1. The Bertz CT molecular complexity index is 618. The van der Waals surface area contributed by atoms with Gasteiger partial charge in [0.1, 0.15) is 0 Å². The van der Waals surface area contributed by atoms with Crippen molar-refractivity contribution >= 4 is 21.7 Å². The van der Waals surface area contributed by atoms with Crippen LogP contribution in [0.5, 0.6) is 0 Å². The second-order valence-corrected chi connectivity index (χ2v) is 7.34. The molecule has 0 aliphatic heterocycles. The van der Waals surface area contributed by atoms with Gasteiger partial charge in [-0.15, -0.1) is 0 Å². The van der Waals surface area contributed by atoms with Crippen LogP contribution in [0, 0.1) is 20.8 Å². The fraction of sp³-hybridized carbons (Fsp3) is 0.533. The van der Waals surface area contributed by atoms with Crippen molar-refractivity contribution in [1.82, 2.24) is 0 Å². The third-order valence-corrected chi connectivity index (χ3v) is 4.19. The maximum atomic E-state index is 12.1. The number of likely N-dealkylation sites (N-methyl/N-ethyl adjacent to an activating group) is 1. The topological polar surface area (TPSA) is 90.7 Å². The molecule has 0 aliphatic carbocycles. The highest BCUT2D eigenvalue weighted by molar-refractivity contribution is 7.85. The molecule has 1 unspecified atom stereocenters. The lowest BCUT2D eigenvalue weighted by Gasteiger charge is -2.16. The van der Waals surface area contributed by atoms with Crippen molar-refractivity contribution in [2.75, 3.05) is 31.2 Å². The molecule has 0 spiro atoms. The average Bonchev–Trinajstić information content (AvgIpc) is 2.31. The van der Waals surface area contributed by atoms with Gasteiger partial charge in [0.2, 0.25) is 0 Å². The molecule has 0 bridgehead atoms. The summed E-state index contributed by atoms with van der Waals surface area (Å²) in [6, 6.07) is 4.02. The van der Waals surface area contributed by atoms with Crippen LogP contribution in [-0.4, -0.2) is 44.8 Å². The minimum atomic E-state index is -4.18. The van der Waals surface area contributed by atoms with Crippen molar-refractivity contribution < 1.29 is 22.7 Å². The summed E-state index contributed by atoms with van der Waals surface area (Å²) in [6.45, 7) is 6.59. The lowest BCUT2D eigenvalue weighted by Crippen LogP contribution is -3.10. The highest BCUT2D eigenvalue weighted by Gasteiger charge is 2.13. The molecule has 0 saturated carbocycles. The molecule has 6 nitrogen and oxygen atoms in total. The van der Waals surface area contributed by atoms with Gasteiger partial charge in [-0.05, 0) is 31.9 Å². The highest BCUT2D eigenvalue weighted by atomic mass is 32.2. The smallest absolute Gasteiger partial charge is 0.279 e. The number of amides is 1. The van der Waals surface area contributed by atoms with E-state index in [1.165, 1.54) is 0 Å². The molecular formula is C15H24N2O4S. The van der Waals surface area contributed by atoms with Crippen LogP contribution in [0.1, 0.15) is 23.1 Å². The predicted molar refractivity (Wildman–Crippen MR) is 85.1 cm³/mol. The number of carbonyl (C=O) groups excluding carboxylic acids is 1. The Morgan fingerprint density at radius 2 is 1.77 bits per heavy atom. The molecule has 7 heteroatoms. The van der Waals surface area contributed by atoms with Crippen LogP contribution in [0.4, 0.5) is 5.69 Å². The first-order valence-electron chi connectivity index (χ1n) is 7.21. The summed E-state index contributed by atoms with van der Waals surface area (Å²) < 4.78 is 31.6. The molecule has 1 amide bonds. The number of nitrogens with one attached hydrogen (secondary N) is 2. The zero-order valence-electron chi connectivity index (χ0n) is 13.5. The van der Waals surface area contributed by atoms with Gasteiger partial charge in [-0.25, -0.2) is 8.42 Å². The van der Waals surface area contributed by atoms with Gasteiger partial charge in [-0.1, -0.05) is 17.7 Å². The van der Waals surface area contributed by atoms with Crippen LogP contribution in [0.25, 0.3) is 0 Å². The van der Waals surface area contributed by atoms with Gasteiger partial charge in [0.25, 0.3) is 5.91 Å². The Labute approximate surface area is 132 Å². The summed E-state index contributed by atoms with van der Waals surface area (Å²) in [5.74, 6) is -0.514. The molecule has 1 rings (SSSR count). The van der Waals surface area contributed by atoms with E-state index in [-0.39, 0.29) is 24.6 Å². The number of aryl methyl sites for hydroxylation is 3. The van der Waals surface area contributed by atoms with Gasteiger partial charge in [-0.2, -0.15) is 0 Å². The van der Waals surface area contributed by atoms with Crippen molar-refractivity contribution in [3.63, 3.8) is 0 Å². The molecule has 1 aromatic carbocycles. The van der Waals surface area contributed by atoms with Gasteiger partial charge >= 0.3 is 0 Å². The average molecular weight is 328 g/mol. The van der Waals surface area contributed by atoms with E-state index in [0.29, 0.717) is 6.54 Å². The number of benzene rings is 1. The fourth-order valence-electron chi connectivity index (χ4n) is 2.47. The van der Waals surface area contributed by atoms with Gasteiger partial charge in [0.15, 0.2) is 6.54 Å². The maximum Gasteiger partial charge on any atom is 0.279 e.